The Morgan fingerprint density at radius 3 is 2.54 bits per heavy atom. The van der Waals surface area contributed by atoms with Gasteiger partial charge < -0.3 is 5.32 Å². The molecule has 0 fully saturated rings. The van der Waals surface area contributed by atoms with Crippen molar-refractivity contribution in [2.75, 3.05) is 0 Å². The Labute approximate surface area is 151 Å². The van der Waals surface area contributed by atoms with Crippen LogP contribution in [0, 0.1) is 0 Å². The maximum absolute atomic E-state index is 12.7. The van der Waals surface area contributed by atoms with E-state index < -0.39 is 29.9 Å². The number of carbonyl (C=O) groups excluding carboxylic acids is 1. The van der Waals surface area contributed by atoms with Gasteiger partial charge in [0, 0.05) is 17.8 Å². The highest BCUT2D eigenvalue weighted by atomic mass is 32.1. The van der Waals surface area contributed by atoms with Crippen molar-refractivity contribution < 1.29 is 18.0 Å². The molecule has 0 aliphatic rings. The molecule has 3 rings (SSSR count). The summed E-state index contributed by atoms with van der Waals surface area (Å²) in [6, 6.07) is 8.71. The first kappa shape index (κ1) is 18.1. The lowest BCUT2D eigenvalue weighted by atomic mass is 10.1. The van der Waals surface area contributed by atoms with Crippen molar-refractivity contribution in [1.29, 1.82) is 0 Å². The van der Waals surface area contributed by atoms with E-state index in [1.165, 1.54) is 18.3 Å². The van der Waals surface area contributed by atoms with Crippen molar-refractivity contribution in [2.24, 2.45) is 0 Å². The van der Waals surface area contributed by atoms with Crippen molar-refractivity contribution in [3.05, 3.63) is 70.4 Å². The van der Waals surface area contributed by atoms with Gasteiger partial charge in [0.25, 0.3) is 0 Å². The monoisotopic (exact) mass is 380 g/mol. The van der Waals surface area contributed by atoms with Crippen LogP contribution in [0.25, 0.3) is 0 Å². The molecule has 136 valence electrons. The fourth-order valence-corrected chi connectivity index (χ4v) is 3.11. The maximum atomic E-state index is 12.7. The highest BCUT2D eigenvalue weighted by molar-refractivity contribution is 7.09. The largest absolute Gasteiger partial charge is 0.435 e. The lowest BCUT2D eigenvalue weighted by Crippen LogP contribution is -2.35. The van der Waals surface area contributed by atoms with E-state index in [0.717, 1.165) is 22.5 Å². The van der Waals surface area contributed by atoms with Gasteiger partial charge in [0.15, 0.2) is 5.69 Å². The van der Waals surface area contributed by atoms with E-state index in [4.69, 9.17) is 0 Å². The molecule has 2 heterocycles. The van der Waals surface area contributed by atoms with Crippen LogP contribution in [0.5, 0.6) is 0 Å². The van der Waals surface area contributed by atoms with E-state index in [2.05, 4.69) is 15.4 Å². The lowest BCUT2D eigenvalue weighted by molar-refractivity contribution is -0.142. The fourth-order valence-electron chi connectivity index (χ4n) is 2.40. The third-order valence-electron chi connectivity index (χ3n) is 3.79. The minimum absolute atomic E-state index is 0.453. The second-order valence-electron chi connectivity index (χ2n) is 5.58. The summed E-state index contributed by atoms with van der Waals surface area (Å²) in [6.45, 7) is 1.49. The Morgan fingerprint density at radius 2 is 1.96 bits per heavy atom. The molecular weight excluding hydrogens is 365 g/mol. The predicted octanol–water partition coefficient (Wildman–Crippen LogP) is 3.83. The van der Waals surface area contributed by atoms with Gasteiger partial charge in [-0.05, 0) is 18.6 Å². The number of nitrogens with one attached hydrogen (secondary N) is 1. The van der Waals surface area contributed by atoms with Crippen LogP contribution in [-0.2, 0) is 11.0 Å². The first-order valence-electron chi connectivity index (χ1n) is 7.73. The Morgan fingerprint density at radius 1 is 1.23 bits per heavy atom. The third-order valence-corrected chi connectivity index (χ3v) is 4.63. The number of benzene rings is 1. The maximum Gasteiger partial charge on any atom is 0.435 e. The molecule has 0 bridgehead atoms. The van der Waals surface area contributed by atoms with Crippen molar-refractivity contribution in [3.63, 3.8) is 0 Å². The van der Waals surface area contributed by atoms with Gasteiger partial charge in [0.05, 0.1) is 0 Å². The molecule has 3 aromatic rings. The van der Waals surface area contributed by atoms with Crippen molar-refractivity contribution in [1.82, 2.24) is 20.1 Å². The molecule has 1 aromatic carbocycles. The minimum Gasteiger partial charge on any atom is -0.341 e. The summed E-state index contributed by atoms with van der Waals surface area (Å²) in [5.74, 6) is -0.453. The summed E-state index contributed by atoms with van der Waals surface area (Å²) in [5.41, 5.74) is -0.198. The molecule has 0 saturated heterocycles. The highest BCUT2D eigenvalue weighted by Crippen LogP contribution is 2.28. The average molecular weight is 380 g/mol. The number of aromatic nitrogens is 3. The molecule has 9 heteroatoms. The zero-order chi connectivity index (χ0) is 18.7. The lowest BCUT2D eigenvalue weighted by Gasteiger charge is -2.20. The van der Waals surface area contributed by atoms with Crippen molar-refractivity contribution in [2.45, 2.75) is 25.2 Å². The number of amides is 1. The standard InChI is InChI=1S/C17H15F3N4OS/c1-11(24-9-7-13(23-24)17(18,19)20)15(25)22-14(16-21-8-10-26-16)12-5-3-2-4-6-12/h2-11,14H,1H3,(H,22,25). The number of nitrogens with zero attached hydrogens (tertiary/aromatic N) is 3. The zero-order valence-electron chi connectivity index (χ0n) is 13.6. The number of hydrogen-bond acceptors (Lipinski definition) is 4. The van der Waals surface area contributed by atoms with Crippen LogP contribution in [0.1, 0.15) is 35.3 Å². The molecule has 2 atom stereocenters. The van der Waals surface area contributed by atoms with Crippen LogP contribution in [0.15, 0.2) is 54.2 Å². The Kier molecular flexibility index (Phi) is 5.08. The number of thiazole rings is 1. The number of rotatable bonds is 5. The van der Waals surface area contributed by atoms with E-state index in [0.29, 0.717) is 5.01 Å². The molecule has 0 spiro atoms. The van der Waals surface area contributed by atoms with Crippen molar-refractivity contribution in [3.8, 4) is 0 Å². The van der Waals surface area contributed by atoms with Crippen LogP contribution in [0.4, 0.5) is 13.2 Å². The van der Waals surface area contributed by atoms with Gasteiger partial charge in [-0.15, -0.1) is 11.3 Å². The molecule has 1 N–H and O–H groups in total. The molecule has 0 saturated carbocycles. The molecular formula is C17H15F3N4OS. The first-order chi connectivity index (χ1) is 12.4. The van der Waals surface area contributed by atoms with Crippen LogP contribution < -0.4 is 5.32 Å². The molecule has 5 nitrogen and oxygen atoms in total. The third kappa shape index (κ3) is 3.93. The molecule has 0 aliphatic carbocycles. The van der Waals surface area contributed by atoms with Gasteiger partial charge in [-0.2, -0.15) is 18.3 Å². The molecule has 0 aliphatic heterocycles. The van der Waals surface area contributed by atoms with Gasteiger partial charge in [0.1, 0.15) is 17.1 Å². The van der Waals surface area contributed by atoms with Gasteiger partial charge in [-0.1, -0.05) is 30.3 Å². The Balaban J connectivity index is 1.81. The summed E-state index contributed by atoms with van der Waals surface area (Å²) in [4.78, 5) is 16.9. The van der Waals surface area contributed by atoms with Crippen LogP contribution in [0.2, 0.25) is 0 Å². The molecule has 2 aromatic heterocycles. The normalized spacial score (nSPS) is 14.0. The van der Waals surface area contributed by atoms with Crippen LogP contribution in [-0.4, -0.2) is 20.7 Å². The number of hydrogen-bond donors (Lipinski definition) is 1. The Bertz CT molecular complexity index is 862. The summed E-state index contributed by atoms with van der Waals surface area (Å²) in [6.07, 6.45) is -1.77. The van der Waals surface area contributed by atoms with Crippen LogP contribution >= 0.6 is 11.3 Å². The Hall–Kier alpha value is -2.68. The second kappa shape index (κ2) is 7.28. The summed E-state index contributed by atoms with van der Waals surface area (Å²) in [7, 11) is 0. The van der Waals surface area contributed by atoms with Gasteiger partial charge >= 0.3 is 6.18 Å². The number of carbonyl (C=O) groups is 1. The average Bonchev–Trinajstić information content (AvgIpc) is 3.30. The molecule has 1 amide bonds. The van der Waals surface area contributed by atoms with E-state index in [-0.39, 0.29) is 0 Å². The highest BCUT2D eigenvalue weighted by Gasteiger charge is 2.34. The molecule has 26 heavy (non-hydrogen) atoms. The van der Waals surface area contributed by atoms with E-state index in [1.807, 2.05) is 30.3 Å². The van der Waals surface area contributed by atoms with Gasteiger partial charge in [-0.3, -0.25) is 9.48 Å². The molecule has 2 unspecified atom stereocenters. The number of alkyl halides is 3. The van der Waals surface area contributed by atoms with Gasteiger partial charge in [-0.25, -0.2) is 4.98 Å². The predicted molar refractivity (Wildman–Crippen MR) is 90.5 cm³/mol. The smallest absolute Gasteiger partial charge is 0.341 e. The second-order valence-corrected chi connectivity index (χ2v) is 6.50. The summed E-state index contributed by atoms with van der Waals surface area (Å²) >= 11 is 1.39. The van der Waals surface area contributed by atoms with E-state index in [1.54, 1.807) is 11.6 Å². The summed E-state index contributed by atoms with van der Waals surface area (Å²) in [5, 5.41) is 8.80. The minimum atomic E-state index is -4.55. The fraction of sp³-hybridized carbons (Fsp3) is 0.235. The number of halogens is 3. The SMILES string of the molecule is CC(C(=O)NC(c1ccccc1)c1nccs1)n1ccc(C(F)(F)F)n1. The summed E-state index contributed by atoms with van der Waals surface area (Å²) < 4.78 is 39.1. The van der Waals surface area contributed by atoms with E-state index >= 15 is 0 Å². The quantitative estimate of drug-likeness (QED) is 0.732. The van der Waals surface area contributed by atoms with Crippen LogP contribution in [0.3, 0.4) is 0 Å². The van der Waals surface area contributed by atoms with E-state index in [9.17, 15) is 18.0 Å². The zero-order valence-corrected chi connectivity index (χ0v) is 14.5. The first-order valence-corrected chi connectivity index (χ1v) is 8.61. The molecule has 0 radical (unpaired) electrons. The topological polar surface area (TPSA) is 59.8 Å². The van der Waals surface area contributed by atoms with Crippen molar-refractivity contribution >= 4 is 17.2 Å². The van der Waals surface area contributed by atoms with Gasteiger partial charge in [0.2, 0.25) is 5.91 Å².